The summed E-state index contributed by atoms with van der Waals surface area (Å²) in [6, 6.07) is 2.12. The molecule has 1 fully saturated rings. The van der Waals surface area contributed by atoms with Gasteiger partial charge in [-0.2, -0.15) is 0 Å². The highest BCUT2D eigenvalue weighted by atomic mass is 16.5. The molecule has 0 radical (unpaired) electrons. The number of rotatable bonds is 5. The van der Waals surface area contributed by atoms with E-state index in [2.05, 4.69) is 31.8 Å². The fourth-order valence-corrected chi connectivity index (χ4v) is 3.17. The highest BCUT2D eigenvalue weighted by Crippen LogP contribution is 2.47. The summed E-state index contributed by atoms with van der Waals surface area (Å²) >= 11 is 0. The summed E-state index contributed by atoms with van der Waals surface area (Å²) in [5.41, 5.74) is 7.92. The molecule has 0 aromatic carbocycles. The molecular weight excluding hydrogens is 236 g/mol. The molecule has 19 heavy (non-hydrogen) atoms. The molecule has 0 aliphatic heterocycles. The normalized spacial score (nSPS) is 23.3. The van der Waals surface area contributed by atoms with Gasteiger partial charge in [0.1, 0.15) is 5.75 Å². The molecule has 3 heteroatoms. The summed E-state index contributed by atoms with van der Waals surface area (Å²) < 4.78 is 5.64. The first-order valence-corrected chi connectivity index (χ1v) is 7.38. The van der Waals surface area contributed by atoms with Gasteiger partial charge < -0.3 is 10.5 Å². The van der Waals surface area contributed by atoms with E-state index in [4.69, 9.17) is 10.5 Å². The molecule has 2 atom stereocenters. The third-order valence-corrected chi connectivity index (χ3v) is 4.37. The predicted octanol–water partition coefficient (Wildman–Crippen LogP) is 3.70. The van der Waals surface area contributed by atoms with Gasteiger partial charge in [0.15, 0.2) is 0 Å². The fraction of sp³-hybridized carbons (Fsp3) is 0.688. The predicted molar refractivity (Wildman–Crippen MR) is 78.1 cm³/mol. The minimum absolute atomic E-state index is 0.0650. The van der Waals surface area contributed by atoms with Crippen molar-refractivity contribution in [1.29, 1.82) is 0 Å². The van der Waals surface area contributed by atoms with Gasteiger partial charge in [-0.15, -0.1) is 0 Å². The molecule has 2 unspecified atom stereocenters. The monoisotopic (exact) mass is 262 g/mol. The van der Waals surface area contributed by atoms with E-state index in [0.29, 0.717) is 11.3 Å². The van der Waals surface area contributed by atoms with E-state index in [0.717, 1.165) is 24.3 Å². The molecule has 1 aromatic heterocycles. The molecule has 1 aromatic rings. The Bertz CT molecular complexity index is 417. The third-order valence-electron chi connectivity index (χ3n) is 4.37. The van der Waals surface area contributed by atoms with Crippen LogP contribution in [0.1, 0.15) is 58.1 Å². The standard InChI is InChI=1S/C16H26N2O/c1-4-8-19-13-9-12(10-18-11-13)15(17)14-6-5-7-16(14,2)3/h9-11,14-15H,4-8,17H2,1-3H3. The number of hydrogen-bond acceptors (Lipinski definition) is 3. The number of ether oxygens (including phenoxy) is 1. The second-order valence-corrected chi connectivity index (χ2v) is 6.32. The van der Waals surface area contributed by atoms with Crippen molar-refractivity contribution in [3.63, 3.8) is 0 Å². The van der Waals surface area contributed by atoms with Crippen LogP contribution in [0.5, 0.6) is 5.75 Å². The van der Waals surface area contributed by atoms with E-state index in [9.17, 15) is 0 Å². The molecule has 1 heterocycles. The van der Waals surface area contributed by atoms with Crippen molar-refractivity contribution in [1.82, 2.24) is 4.98 Å². The Morgan fingerprint density at radius 1 is 1.47 bits per heavy atom. The van der Waals surface area contributed by atoms with Crippen molar-refractivity contribution in [3.8, 4) is 5.75 Å². The first kappa shape index (κ1) is 14.3. The van der Waals surface area contributed by atoms with E-state index in [-0.39, 0.29) is 6.04 Å². The Morgan fingerprint density at radius 3 is 2.89 bits per heavy atom. The molecule has 0 saturated heterocycles. The van der Waals surface area contributed by atoms with Crippen molar-refractivity contribution in [2.24, 2.45) is 17.1 Å². The van der Waals surface area contributed by atoms with Crippen molar-refractivity contribution in [2.75, 3.05) is 6.61 Å². The molecule has 1 aliphatic carbocycles. The lowest BCUT2D eigenvalue weighted by molar-refractivity contribution is 0.221. The third kappa shape index (κ3) is 3.27. The van der Waals surface area contributed by atoms with Gasteiger partial charge in [-0.1, -0.05) is 27.2 Å². The van der Waals surface area contributed by atoms with Gasteiger partial charge in [0.2, 0.25) is 0 Å². The van der Waals surface area contributed by atoms with Crippen LogP contribution >= 0.6 is 0 Å². The summed E-state index contributed by atoms with van der Waals surface area (Å²) in [4.78, 5) is 4.27. The number of pyridine rings is 1. The molecule has 1 aliphatic rings. The largest absolute Gasteiger partial charge is 0.492 e. The number of nitrogens with zero attached hydrogens (tertiary/aromatic N) is 1. The smallest absolute Gasteiger partial charge is 0.137 e. The first-order chi connectivity index (χ1) is 9.04. The van der Waals surface area contributed by atoms with E-state index >= 15 is 0 Å². The Morgan fingerprint density at radius 2 is 2.26 bits per heavy atom. The van der Waals surface area contributed by atoms with E-state index in [1.165, 1.54) is 19.3 Å². The van der Waals surface area contributed by atoms with Gasteiger partial charge in [-0.25, -0.2) is 0 Å². The zero-order valence-electron chi connectivity index (χ0n) is 12.4. The van der Waals surface area contributed by atoms with Gasteiger partial charge in [0.05, 0.1) is 12.8 Å². The summed E-state index contributed by atoms with van der Waals surface area (Å²) in [7, 11) is 0. The average molecular weight is 262 g/mol. The van der Waals surface area contributed by atoms with Crippen molar-refractivity contribution in [3.05, 3.63) is 24.0 Å². The summed E-state index contributed by atoms with van der Waals surface area (Å²) in [6.45, 7) is 7.49. The van der Waals surface area contributed by atoms with Gasteiger partial charge >= 0.3 is 0 Å². The SMILES string of the molecule is CCCOc1cncc(C(N)C2CCCC2(C)C)c1. The van der Waals surface area contributed by atoms with E-state index in [1.54, 1.807) is 6.20 Å². The van der Waals surface area contributed by atoms with Gasteiger partial charge in [0.25, 0.3) is 0 Å². The van der Waals surface area contributed by atoms with E-state index in [1.807, 2.05) is 6.20 Å². The Kier molecular flexibility index (Phi) is 4.46. The van der Waals surface area contributed by atoms with E-state index < -0.39 is 0 Å². The fourth-order valence-electron chi connectivity index (χ4n) is 3.17. The topological polar surface area (TPSA) is 48.1 Å². The summed E-state index contributed by atoms with van der Waals surface area (Å²) in [5, 5.41) is 0. The zero-order chi connectivity index (χ0) is 13.9. The number of aromatic nitrogens is 1. The molecule has 2 N–H and O–H groups in total. The minimum Gasteiger partial charge on any atom is -0.492 e. The highest BCUT2D eigenvalue weighted by Gasteiger charge is 2.38. The second kappa shape index (κ2) is 5.91. The van der Waals surface area contributed by atoms with Crippen LogP contribution in [0.2, 0.25) is 0 Å². The van der Waals surface area contributed by atoms with Crippen LogP contribution in [-0.2, 0) is 0 Å². The molecule has 1 saturated carbocycles. The number of hydrogen-bond donors (Lipinski definition) is 1. The Labute approximate surface area is 116 Å². The molecule has 3 nitrogen and oxygen atoms in total. The molecular formula is C16H26N2O. The summed E-state index contributed by atoms with van der Waals surface area (Å²) in [5.74, 6) is 1.38. The van der Waals surface area contributed by atoms with Gasteiger partial charge in [-0.05, 0) is 42.2 Å². The summed E-state index contributed by atoms with van der Waals surface area (Å²) in [6.07, 6.45) is 8.43. The molecule has 0 amide bonds. The molecule has 106 valence electrons. The molecule has 2 rings (SSSR count). The highest BCUT2D eigenvalue weighted by molar-refractivity contribution is 5.26. The minimum atomic E-state index is 0.0650. The second-order valence-electron chi connectivity index (χ2n) is 6.32. The maximum absolute atomic E-state index is 6.48. The van der Waals surface area contributed by atoms with Crippen LogP contribution in [-0.4, -0.2) is 11.6 Å². The average Bonchev–Trinajstić information content (AvgIpc) is 2.75. The molecule has 0 spiro atoms. The van der Waals surface area contributed by atoms with Crippen LogP contribution < -0.4 is 10.5 Å². The Balaban J connectivity index is 2.12. The van der Waals surface area contributed by atoms with Crippen LogP contribution in [0.25, 0.3) is 0 Å². The lowest BCUT2D eigenvalue weighted by Crippen LogP contribution is -2.29. The van der Waals surface area contributed by atoms with Crippen LogP contribution in [0.3, 0.4) is 0 Å². The zero-order valence-corrected chi connectivity index (χ0v) is 12.4. The number of nitrogens with two attached hydrogens (primary N) is 1. The van der Waals surface area contributed by atoms with Crippen molar-refractivity contribution in [2.45, 2.75) is 52.5 Å². The lowest BCUT2D eigenvalue weighted by Gasteiger charge is -2.32. The molecule has 0 bridgehead atoms. The maximum atomic E-state index is 6.48. The Hall–Kier alpha value is -1.09. The van der Waals surface area contributed by atoms with Crippen LogP contribution in [0.15, 0.2) is 18.5 Å². The van der Waals surface area contributed by atoms with Gasteiger partial charge in [0, 0.05) is 12.2 Å². The van der Waals surface area contributed by atoms with Crippen molar-refractivity contribution >= 4 is 0 Å². The van der Waals surface area contributed by atoms with Crippen molar-refractivity contribution < 1.29 is 4.74 Å². The first-order valence-electron chi connectivity index (χ1n) is 7.38. The van der Waals surface area contributed by atoms with Crippen LogP contribution in [0, 0.1) is 11.3 Å². The quantitative estimate of drug-likeness (QED) is 0.880. The van der Waals surface area contributed by atoms with Crippen LogP contribution in [0.4, 0.5) is 0 Å². The van der Waals surface area contributed by atoms with Gasteiger partial charge in [-0.3, -0.25) is 4.98 Å². The maximum Gasteiger partial charge on any atom is 0.137 e. The lowest BCUT2D eigenvalue weighted by atomic mass is 9.76.